The third-order valence-corrected chi connectivity index (χ3v) is 7.13. The molecule has 14 heteroatoms. The number of nitrogens with one attached hydrogen (secondary N) is 1. The van der Waals surface area contributed by atoms with Crippen LogP contribution < -0.4 is 15.0 Å². The molecule has 34 heavy (non-hydrogen) atoms. The summed E-state index contributed by atoms with van der Waals surface area (Å²) in [5.41, 5.74) is -0.627. The SMILES string of the molecule is Cc1cc(N2C[C@H]3CC[C@@H](C2)[C@@H]3Nc2nc3c(OCC(F)(F)F)ccc(C(F)(F)F)n3n2)sn1. The monoisotopic (exact) mass is 506 g/mol. The maximum atomic E-state index is 13.5. The number of alkyl halides is 6. The molecule has 0 unspecified atom stereocenters. The molecular formula is C20H20F6N6OS. The Labute approximate surface area is 193 Å². The van der Waals surface area contributed by atoms with Crippen LogP contribution in [0.1, 0.15) is 24.2 Å². The van der Waals surface area contributed by atoms with Crippen LogP contribution in [-0.4, -0.2) is 50.9 Å². The van der Waals surface area contributed by atoms with Crippen LogP contribution in [0.4, 0.5) is 37.3 Å². The van der Waals surface area contributed by atoms with E-state index in [2.05, 4.69) is 24.7 Å². The van der Waals surface area contributed by atoms with Crippen LogP contribution in [0.2, 0.25) is 0 Å². The van der Waals surface area contributed by atoms with Crippen LogP contribution in [0.15, 0.2) is 18.2 Å². The number of fused-ring (bicyclic) bond motifs is 3. The molecule has 0 spiro atoms. The molecule has 1 saturated heterocycles. The van der Waals surface area contributed by atoms with Gasteiger partial charge in [0, 0.05) is 19.1 Å². The van der Waals surface area contributed by atoms with Crippen molar-refractivity contribution in [3.05, 3.63) is 29.6 Å². The van der Waals surface area contributed by atoms with E-state index in [-0.39, 0.29) is 23.8 Å². The summed E-state index contributed by atoms with van der Waals surface area (Å²) < 4.78 is 87.8. The average molecular weight is 506 g/mol. The molecule has 1 N–H and O–H groups in total. The predicted octanol–water partition coefficient (Wildman–Crippen LogP) is 4.78. The molecule has 1 aliphatic heterocycles. The molecule has 7 nitrogen and oxygen atoms in total. The van der Waals surface area contributed by atoms with Crippen molar-refractivity contribution in [3.63, 3.8) is 0 Å². The molecule has 3 atom stereocenters. The standard InChI is InChI=1S/C20H20F6N6OS/c1-10-6-15(34-30-10)31-7-11-2-3-12(8-31)16(11)27-18-28-17-13(33-9-19(21,22)23)4-5-14(20(24,25)26)32(17)29-18/h4-6,11-12,16H,2-3,7-9H2,1H3,(H,27,29)/t11-,12+,16-. The summed E-state index contributed by atoms with van der Waals surface area (Å²) in [5.74, 6) is -0.0617. The lowest BCUT2D eigenvalue weighted by Crippen LogP contribution is -2.48. The lowest BCUT2D eigenvalue weighted by atomic mass is 9.92. The zero-order valence-electron chi connectivity index (χ0n) is 17.8. The van der Waals surface area contributed by atoms with Crippen LogP contribution in [0.3, 0.4) is 0 Å². The fourth-order valence-corrected chi connectivity index (χ4v) is 5.55. The smallest absolute Gasteiger partial charge is 0.433 e. The first kappa shape index (κ1) is 23.0. The maximum absolute atomic E-state index is 13.5. The molecule has 3 aromatic heterocycles. The summed E-state index contributed by atoms with van der Waals surface area (Å²) in [6.45, 7) is 1.80. The highest BCUT2D eigenvalue weighted by atomic mass is 32.1. The van der Waals surface area contributed by atoms with Gasteiger partial charge in [0.15, 0.2) is 18.0 Å². The number of piperidine rings is 1. The van der Waals surface area contributed by atoms with Gasteiger partial charge in [-0.1, -0.05) is 0 Å². The zero-order valence-corrected chi connectivity index (χ0v) is 18.6. The highest BCUT2D eigenvalue weighted by Crippen LogP contribution is 2.41. The van der Waals surface area contributed by atoms with Crippen molar-refractivity contribution in [3.8, 4) is 5.75 Å². The predicted molar refractivity (Wildman–Crippen MR) is 112 cm³/mol. The van der Waals surface area contributed by atoms with Crippen molar-refractivity contribution >= 4 is 28.1 Å². The van der Waals surface area contributed by atoms with Gasteiger partial charge in [0.2, 0.25) is 5.95 Å². The van der Waals surface area contributed by atoms with Crippen LogP contribution in [-0.2, 0) is 6.18 Å². The number of anilines is 2. The second kappa shape index (κ2) is 8.17. The molecule has 1 saturated carbocycles. The van der Waals surface area contributed by atoms with Gasteiger partial charge < -0.3 is 15.0 Å². The Morgan fingerprint density at radius 2 is 1.82 bits per heavy atom. The summed E-state index contributed by atoms with van der Waals surface area (Å²) in [5, 5.41) is 8.19. The van der Waals surface area contributed by atoms with Gasteiger partial charge >= 0.3 is 12.4 Å². The van der Waals surface area contributed by atoms with Crippen molar-refractivity contribution in [2.24, 2.45) is 11.8 Å². The van der Waals surface area contributed by atoms with Gasteiger partial charge in [-0.3, -0.25) is 0 Å². The lowest BCUT2D eigenvalue weighted by molar-refractivity contribution is -0.153. The first-order valence-corrected chi connectivity index (χ1v) is 11.4. The number of nitrogens with zero attached hydrogens (tertiary/aromatic N) is 5. The normalized spacial score (nSPS) is 23.0. The first-order valence-electron chi connectivity index (χ1n) is 10.6. The number of aromatic nitrogens is 4. The van der Waals surface area contributed by atoms with Crippen LogP contribution in [0.25, 0.3) is 5.65 Å². The molecule has 5 rings (SSSR count). The number of halogens is 6. The first-order chi connectivity index (χ1) is 16.0. The Hall–Kier alpha value is -2.77. The van der Waals surface area contributed by atoms with Gasteiger partial charge in [0.05, 0.1) is 5.69 Å². The summed E-state index contributed by atoms with van der Waals surface area (Å²) in [6, 6.07) is 3.44. The van der Waals surface area contributed by atoms with Gasteiger partial charge in [-0.05, 0) is 61.3 Å². The number of ether oxygens (including phenoxy) is 1. The van der Waals surface area contributed by atoms with E-state index < -0.39 is 36.1 Å². The lowest BCUT2D eigenvalue weighted by Gasteiger charge is -2.38. The van der Waals surface area contributed by atoms with Gasteiger partial charge in [-0.15, -0.1) is 5.10 Å². The van der Waals surface area contributed by atoms with Crippen molar-refractivity contribution in [2.75, 3.05) is 29.9 Å². The average Bonchev–Trinajstić information content (AvgIpc) is 3.41. The Morgan fingerprint density at radius 1 is 1.12 bits per heavy atom. The number of hydrogen-bond acceptors (Lipinski definition) is 7. The summed E-state index contributed by atoms with van der Waals surface area (Å²) >= 11 is 1.43. The van der Waals surface area contributed by atoms with E-state index in [1.165, 1.54) is 11.5 Å². The third kappa shape index (κ3) is 4.46. The van der Waals surface area contributed by atoms with E-state index in [1.807, 2.05) is 13.0 Å². The second-order valence-corrected chi connectivity index (χ2v) is 9.42. The molecule has 0 aromatic carbocycles. The van der Waals surface area contributed by atoms with E-state index in [1.54, 1.807) is 0 Å². The summed E-state index contributed by atoms with van der Waals surface area (Å²) in [6.07, 6.45) is -7.54. The fraction of sp³-hybridized carbons (Fsp3) is 0.550. The Bertz CT molecular complexity index is 1180. The van der Waals surface area contributed by atoms with Crippen molar-refractivity contribution in [2.45, 2.75) is 38.2 Å². The molecule has 184 valence electrons. The minimum Gasteiger partial charge on any atom is -0.480 e. The van der Waals surface area contributed by atoms with Gasteiger partial charge in [0.25, 0.3) is 0 Å². The van der Waals surface area contributed by atoms with Crippen LogP contribution in [0.5, 0.6) is 5.75 Å². The fourth-order valence-electron chi connectivity index (χ4n) is 4.77. The number of aryl methyl sites for hydroxylation is 1. The Morgan fingerprint density at radius 3 is 2.41 bits per heavy atom. The van der Waals surface area contributed by atoms with E-state index in [0.29, 0.717) is 10.6 Å². The van der Waals surface area contributed by atoms with Crippen LogP contribution in [0, 0.1) is 18.8 Å². The molecule has 4 heterocycles. The Kier molecular flexibility index (Phi) is 5.52. The van der Waals surface area contributed by atoms with Gasteiger partial charge in [0.1, 0.15) is 10.7 Å². The molecule has 0 amide bonds. The van der Waals surface area contributed by atoms with E-state index in [9.17, 15) is 26.3 Å². The molecule has 3 aromatic rings. The van der Waals surface area contributed by atoms with Gasteiger partial charge in [-0.25, -0.2) is 4.52 Å². The minimum absolute atomic E-state index is 0.0587. The van der Waals surface area contributed by atoms with Crippen LogP contribution >= 0.6 is 11.5 Å². The molecule has 2 bridgehead atoms. The van der Waals surface area contributed by atoms with Gasteiger partial charge in [-0.2, -0.15) is 35.7 Å². The van der Waals surface area contributed by atoms with E-state index in [0.717, 1.165) is 42.7 Å². The maximum Gasteiger partial charge on any atom is 0.433 e. The number of hydrogen-bond donors (Lipinski definition) is 1. The highest BCUT2D eigenvalue weighted by molar-refractivity contribution is 7.10. The summed E-state index contributed by atoms with van der Waals surface area (Å²) in [7, 11) is 0. The molecule has 0 radical (unpaired) electrons. The van der Waals surface area contributed by atoms with Crippen molar-refractivity contribution < 1.29 is 31.1 Å². The number of pyridine rings is 1. The second-order valence-electron chi connectivity index (χ2n) is 8.63. The largest absolute Gasteiger partial charge is 0.480 e. The third-order valence-electron chi connectivity index (χ3n) is 6.19. The topological polar surface area (TPSA) is 67.6 Å². The van der Waals surface area contributed by atoms with E-state index in [4.69, 9.17) is 4.74 Å². The Balaban J connectivity index is 1.41. The highest BCUT2D eigenvalue weighted by Gasteiger charge is 2.43. The zero-order chi connectivity index (χ0) is 24.3. The van der Waals surface area contributed by atoms with Crippen molar-refractivity contribution in [1.82, 2.24) is 19.0 Å². The molecule has 1 aliphatic carbocycles. The van der Waals surface area contributed by atoms with Crippen molar-refractivity contribution in [1.29, 1.82) is 0 Å². The van der Waals surface area contributed by atoms with E-state index >= 15 is 0 Å². The minimum atomic E-state index is -4.77. The molecule has 2 aliphatic rings. The number of rotatable bonds is 5. The quantitative estimate of drug-likeness (QED) is 0.503. The molecule has 2 fully saturated rings. The molecular weight excluding hydrogens is 486 g/mol. The summed E-state index contributed by atoms with van der Waals surface area (Å²) in [4.78, 5) is 6.36.